The number of carbonyl (C=O) groups excluding carboxylic acids is 2. The third kappa shape index (κ3) is 8.40. The van der Waals surface area contributed by atoms with Crippen molar-refractivity contribution in [2.75, 3.05) is 17.4 Å². The van der Waals surface area contributed by atoms with Crippen LogP contribution >= 0.6 is 31.9 Å². The molecular formula is C29H33Br2N3O4S. The molecule has 0 aliphatic rings. The summed E-state index contributed by atoms with van der Waals surface area (Å²) in [4.78, 5) is 28.4. The molecule has 3 rings (SSSR count). The Kier molecular flexibility index (Phi) is 11.1. The molecule has 208 valence electrons. The summed E-state index contributed by atoms with van der Waals surface area (Å²) >= 11 is 6.83. The first-order valence-corrected chi connectivity index (χ1v) is 15.7. The molecule has 0 aromatic heterocycles. The molecule has 0 saturated heterocycles. The lowest BCUT2D eigenvalue weighted by Crippen LogP contribution is -2.51. The molecule has 0 spiro atoms. The van der Waals surface area contributed by atoms with E-state index in [0.29, 0.717) is 16.7 Å². The maximum atomic E-state index is 13.9. The average Bonchev–Trinajstić information content (AvgIpc) is 2.91. The Morgan fingerprint density at radius 1 is 0.949 bits per heavy atom. The number of halogens is 2. The lowest BCUT2D eigenvalue weighted by Gasteiger charge is -2.32. The molecule has 0 saturated carbocycles. The van der Waals surface area contributed by atoms with Gasteiger partial charge in [-0.25, -0.2) is 8.42 Å². The van der Waals surface area contributed by atoms with Gasteiger partial charge in [0, 0.05) is 22.0 Å². The van der Waals surface area contributed by atoms with Crippen LogP contribution in [0.1, 0.15) is 37.8 Å². The highest BCUT2D eigenvalue weighted by Gasteiger charge is 2.32. The Bertz CT molecular complexity index is 1380. The Hall–Kier alpha value is -2.69. The molecular weight excluding hydrogens is 646 g/mol. The molecule has 1 unspecified atom stereocenters. The van der Waals surface area contributed by atoms with E-state index in [1.54, 1.807) is 43.3 Å². The molecule has 0 fully saturated rings. The molecule has 0 heterocycles. The van der Waals surface area contributed by atoms with E-state index in [1.165, 1.54) is 17.0 Å². The van der Waals surface area contributed by atoms with E-state index < -0.39 is 28.5 Å². The van der Waals surface area contributed by atoms with Crippen molar-refractivity contribution in [2.24, 2.45) is 0 Å². The first-order valence-electron chi connectivity index (χ1n) is 12.7. The molecule has 39 heavy (non-hydrogen) atoms. The van der Waals surface area contributed by atoms with Crippen LogP contribution in [0.3, 0.4) is 0 Å². The van der Waals surface area contributed by atoms with Crippen molar-refractivity contribution < 1.29 is 18.0 Å². The predicted molar refractivity (Wildman–Crippen MR) is 162 cm³/mol. The first kappa shape index (κ1) is 30.8. The highest BCUT2D eigenvalue weighted by atomic mass is 79.9. The Morgan fingerprint density at radius 2 is 1.62 bits per heavy atom. The third-order valence-electron chi connectivity index (χ3n) is 6.25. The lowest BCUT2D eigenvalue weighted by molar-refractivity contribution is -0.139. The Morgan fingerprint density at radius 3 is 2.23 bits per heavy atom. The maximum absolute atomic E-state index is 13.9. The van der Waals surface area contributed by atoms with Gasteiger partial charge in [0.2, 0.25) is 11.8 Å². The summed E-state index contributed by atoms with van der Waals surface area (Å²) in [6.45, 7) is 5.74. The van der Waals surface area contributed by atoms with E-state index in [0.717, 1.165) is 32.7 Å². The fraction of sp³-hybridized carbons (Fsp3) is 0.310. The highest BCUT2D eigenvalue weighted by molar-refractivity contribution is 9.10. The molecule has 1 N–H and O–H groups in total. The standard InChI is InChI=1S/C29H33Br2N3O4S/c1-4-5-17-32-29(36)22(3)33(19-23-11-13-24(30)14-12-23)28(35)20-34(26-8-6-7-25(31)18-26)39(37,38)27-15-9-21(2)10-16-27/h6-16,18,22H,4-5,17,19-20H2,1-3H3,(H,32,36). The summed E-state index contributed by atoms with van der Waals surface area (Å²) in [5.41, 5.74) is 2.07. The zero-order chi connectivity index (χ0) is 28.6. The number of unbranched alkanes of at least 4 members (excludes halogenated alkanes) is 1. The molecule has 10 heteroatoms. The van der Waals surface area contributed by atoms with Crippen molar-refractivity contribution in [3.8, 4) is 0 Å². The number of benzene rings is 3. The van der Waals surface area contributed by atoms with Gasteiger partial charge in [0.25, 0.3) is 10.0 Å². The van der Waals surface area contributed by atoms with Crippen LogP contribution in [0.25, 0.3) is 0 Å². The monoisotopic (exact) mass is 677 g/mol. The number of anilines is 1. The van der Waals surface area contributed by atoms with Crippen LogP contribution in [0.4, 0.5) is 5.69 Å². The number of rotatable bonds is 12. The minimum absolute atomic E-state index is 0.0747. The molecule has 0 aliphatic heterocycles. The van der Waals surface area contributed by atoms with Crippen LogP contribution < -0.4 is 9.62 Å². The van der Waals surface area contributed by atoms with Crippen LogP contribution in [0.5, 0.6) is 0 Å². The number of hydrogen-bond donors (Lipinski definition) is 1. The van der Waals surface area contributed by atoms with Gasteiger partial charge in [0.15, 0.2) is 0 Å². The summed E-state index contributed by atoms with van der Waals surface area (Å²) in [7, 11) is -4.10. The minimum Gasteiger partial charge on any atom is -0.354 e. The van der Waals surface area contributed by atoms with Crippen LogP contribution in [-0.4, -0.2) is 44.3 Å². The third-order valence-corrected chi connectivity index (χ3v) is 9.06. The molecule has 0 aliphatic carbocycles. The van der Waals surface area contributed by atoms with E-state index in [4.69, 9.17) is 0 Å². The van der Waals surface area contributed by atoms with Gasteiger partial charge in [-0.1, -0.05) is 81.1 Å². The summed E-state index contributed by atoms with van der Waals surface area (Å²) in [5.74, 6) is -0.781. The number of carbonyl (C=O) groups is 2. The zero-order valence-corrected chi connectivity index (χ0v) is 26.2. The van der Waals surface area contributed by atoms with Gasteiger partial charge < -0.3 is 10.2 Å². The molecule has 0 radical (unpaired) electrons. The summed E-state index contributed by atoms with van der Waals surface area (Å²) < 4.78 is 30.3. The molecule has 1 atom stereocenters. The number of aryl methyl sites for hydroxylation is 1. The molecule has 7 nitrogen and oxygen atoms in total. The van der Waals surface area contributed by atoms with E-state index >= 15 is 0 Å². The van der Waals surface area contributed by atoms with Crippen LogP contribution in [0, 0.1) is 6.92 Å². The zero-order valence-electron chi connectivity index (χ0n) is 22.2. The maximum Gasteiger partial charge on any atom is 0.264 e. The summed E-state index contributed by atoms with van der Waals surface area (Å²) in [6.07, 6.45) is 1.75. The molecule has 3 aromatic carbocycles. The second-order valence-electron chi connectivity index (χ2n) is 9.27. The SMILES string of the molecule is CCCCNC(=O)C(C)N(Cc1ccc(Br)cc1)C(=O)CN(c1cccc(Br)c1)S(=O)(=O)c1ccc(C)cc1. The fourth-order valence-corrected chi connectivity index (χ4v) is 5.96. The summed E-state index contributed by atoms with van der Waals surface area (Å²) in [5, 5.41) is 2.89. The number of hydrogen-bond acceptors (Lipinski definition) is 4. The van der Waals surface area contributed by atoms with Crippen molar-refractivity contribution in [2.45, 2.75) is 51.1 Å². The van der Waals surface area contributed by atoms with Crippen molar-refractivity contribution in [3.63, 3.8) is 0 Å². The topological polar surface area (TPSA) is 86.8 Å². The number of nitrogens with one attached hydrogen (secondary N) is 1. The second kappa shape index (κ2) is 14.1. The van der Waals surface area contributed by atoms with Gasteiger partial charge in [-0.05, 0) is 68.3 Å². The molecule has 2 amide bonds. The Balaban J connectivity index is 1.99. The van der Waals surface area contributed by atoms with E-state index in [2.05, 4.69) is 37.2 Å². The van der Waals surface area contributed by atoms with E-state index in [-0.39, 0.29) is 17.3 Å². The van der Waals surface area contributed by atoms with Gasteiger partial charge in [0.05, 0.1) is 10.6 Å². The van der Waals surface area contributed by atoms with Gasteiger partial charge in [-0.3, -0.25) is 13.9 Å². The van der Waals surface area contributed by atoms with Crippen molar-refractivity contribution in [3.05, 3.63) is 92.9 Å². The minimum atomic E-state index is -4.10. The van der Waals surface area contributed by atoms with Gasteiger partial charge in [0.1, 0.15) is 12.6 Å². The second-order valence-corrected chi connectivity index (χ2v) is 13.0. The molecule has 0 bridgehead atoms. The van der Waals surface area contributed by atoms with Crippen molar-refractivity contribution in [1.82, 2.24) is 10.2 Å². The number of nitrogens with zero attached hydrogens (tertiary/aromatic N) is 2. The average molecular weight is 679 g/mol. The number of amides is 2. The van der Waals surface area contributed by atoms with Gasteiger partial charge >= 0.3 is 0 Å². The van der Waals surface area contributed by atoms with E-state index in [9.17, 15) is 18.0 Å². The largest absolute Gasteiger partial charge is 0.354 e. The van der Waals surface area contributed by atoms with Crippen molar-refractivity contribution >= 4 is 59.4 Å². The van der Waals surface area contributed by atoms with Gasteiger partial charge in [-0.15, -0.1) is 0 Å². The fourth-order valence-electron chi connectivity index (χ4n) is 3.90. The Labute approximate surface area is 247 Å². The quantitative estimate of drug-likeness (QED) is 0.237. The van der Waals surface area contributed by atoms with Crippen LogP contribution in [-0.2, 0) is 26.2 Å². The van der Waals surface area contributed by atoms with E-state index in [1.807, 2.05) is 38.1 Å². The van der Waals surface area contributed by atoms with Crippen LogP contribution in [0.15, 0.2) is 86.6 Å². The number of sulfonamides is 1. The van der Waals surface area contributed by atoms with Crippen molar-refractivity contribution in [1.29, 1.82) is 0 Å². The van der Waals surface area contributed by atoms with Gasteiger partial charge in [-0.2, -0.15) is 0 Å². The predicted octanol–water partition coefficient (Wildman–Crippen LogP) is 6.05. The lowest BCUT2D eigenvalue weighted by atomic mass is 10.1. The highest BCUT2D eigenvalue weighted by Crippen LogP contribution is 2.27. The van der Waals surface area contributed by atoms with Crippen LogP contribution in [0.2, 0.25) is 0 Å². The molecule has 3 aromatic rings. The normalized spacial score (nSPS) is 12.0. The smallest absolute Gasteiger partial charge is 0.264 e. The summed E-state index contributed by atoms with van der Waals surface area (Å²) in [6, 6.07) is 19.9. The first-order chi connectivity index (χ1) is 18.5.